The first kappa shape index (κ1) is 7.03. The van der Waals surface area contributed by atoms with Gasteiger partial charge in [0.15, 0.2) is 0 Å². The minimum absolute atomic E-state index is 0.824. The molecule has 0 spiro atoms. The molecule has 2 nitrogen and oxygen atoms in total. The predicted octanol–water partition coefficient (Wildman–Crippen LogP) is 0.593. The van der Waals surface area contributed by atoms with Gasteiger partial charge in [-0.05, 0) is 38.9 Å². The van der Waals surface area contributed by atoms with E-state index in [0.29, 0.717) is 0 Å². The second-order valence-electron chi connectivity index (χ2n) is 2.50. The van der Waals surface area contributed by atoms with Crippen molar-refractivity contribution in [2.24, 2.45) is 5.73 Å². The molecule has 2 N–H and O–H groups in total. The highest BCUT2D eigenvalue weighted by Gasteiger charge is 2.09. The zero-order chi connectivity index (χ0) is 6.53. The van der Waals surface area contributed by atoms with Crippen LogP contribution in [0.2, 0.25) is 0 Å². The Kier molecular flexibility index (Phi) is 3.01. The lowest BCUT2D eigenvalue weighted by Gasteiger charge is -2.11. The molecule has 0 aliphatic carbocycles. The Bertz CT molecular complexity index is 67.3. The summed E-state index contributed by atoms with van der Waals surface area (Å²) < 4.78 is 0. The van der Waals surface area contributed by atoms with Crippen molar-refractivity contribution in [3.8, 4) is 0 Å². The quantitative estimate of drug-likeness (QED) is 0.601. The van der Waals surface area contributed by atoms with Crippen molar-refractivity contribution in [3.63, 3.8) is 0 Å². The molecule has 1 rings (SSSR count). The van der Waals surface area contributed by atoms with Gasteiger partial charge in [-0.1, -0.05) is 0 Å². The van der Waals surface area contributed by atoms with Crippen LogP contribution >= 0.6 is 0 Å². The van der Waals surface area contributed by atoms with Crippen molar-refractivity contribution < 1.29 is 0 Å². The van der Waals surface area contributed by atoms with Gasteiger partial charge in [-0.2, -0.15) is 0 Å². The standard InChI is InChI=1S/C7H15N2/c8-4-3-7-9-5-1-2-6-9/h5H,1-4,6-8H2. The van der Waals surface area contributed by atoms with Gasteiger partial charge in [-0.25, -0.2) is 0 Å². The van der Waals surface area contributed by atoms with Gasteiger partial charge in [0.05, 0.1) is 0 Å². The average molecular weight is 127 g/mol. The third-order valence-electron chi connectivity index (χ3n) is 1.69. The fraction of sp³-hybridized carbons (Fsp3) is 0.857. The number of hydrogen-bond donors (Lipinski definition) is 1. The Morgan fingerprint density at radius 1 is 1.56 bits per heavy atom. The molecular formula is C7H15N2. The fourth-order valence-corrected chi connectivity index (χ4v) is 1.16. The summed E-state index contributed by atoms with van der Waals surface area (Å²) in [5.41, 5.74) is 5.37. The Balaban J connectivity index is 1.98. The van der Waals surface area contributed by atoms with E-state index in [1.54, 1.807) is 0 Å². The van der Waals surface area contributed by atoms with Gasteiger partial charge in [-0.3, -0.25) is 4.90 Å². The van der Waals surface area contributed by atoms with Gasteiger partial charge in [0, 0.05) is 6.54 Å². The maximum Gasteiger partial charge on any atom is 0.0252 e. The van der Waals surface area contributed by atoms with Crippen molar-refractivity contribution in [2.75, 3.05) is 19.6 Å². The van der Waals surface area contributed by atoms with Crippen LogP contribution in [0.1, 0.15) is 19.3 Å². The zero-order valence-electron chi connectivity index (χ0n) is 5.84. The number of hydrogen-bond acceptors (Lipinski definition) is 2. The Hall–Kier alpha value is -0.0800. The SMILES string of the molecule is NCCCN1[CH]CCC1. The van der Waals surface area contributed by atoms with Crippen molar-refractivity contribution >= 4 is 0 Å². The molecule has 1 radical (unpaired) electrons. The van der Waals surface area contributed by atoms with Crippen LogP contribution in [0.5, 0.6) is 0 Å². The Labute approximate surface area is 57.0 Å². The first-order chi connectivity index (χ1) is 4.43. The minimum atomic E-state index is 0.824. The molecule has 1 heterocycles. The van der Waals surface area contributed by atoms with Gasteiger partial charge in [0.25, 0.3) is 0 Å². The topological polar surface area (TPSA) is 29.3 Å². The molecule has 1 saturated heterocycles. The summed E-state index contributed by atoms with van der Waals surface area (Å²) in [6.07, 6.45) is 3.74. The van der Waals surface area contributed by atoms with Gasteiger partial charge >= 0.3 is 0 Å². The zero-order valence-corrected chi connectivity index (χ0v) is 5.84. The molecule has 2 heteroatoms. The van der Waals surface area contributed by atoms with E-state index in [1.807, 2.05) is 0 Å². The molecule has 1 aliphatic rings. The normalized spacial score (nSPS) is 21.0. The van der Waals surface area contributed by atoms with Crippen LogP contribution in [-0.4, -0.2) is 24.5 Å². The highest BCUT2D eigenvalue weighted by atomic mass is 15.1. The molecule has 53 valence electrons. The second kappa shape index (κ2) is 3.85. The first-order valence-corrected chi connectivity index (χ1v) is 3.71. The van der Waals surface area contributed by atoms with Gasteiger partial charge in [0.1, 0.15) is 0 Å². The van der Waals surface area contributed by atoms with E-state index in [9.17, 15) is 0 Å². The first-order valence-electron chi connectivity index (χ1n) is 3.71. The van der Waals surface area contributed by atoms with Crippen LogP contribution < -0.4 is 5.73 Å². The molecule has 0 bridgehead atoms. The molecule has 0 atom stereocenters. The summed E-state index contributed by atoms with van der Waals surface area (Å²) in [5, 5.41) is 0. The largest absolute Gasteiger partial charge is 0.330 e. The minimum Gasteiger partial charge on any atom is -0.330 e. The van der Waals surface area contributed by atoms with E-state index in [4.69, 9.17) is 5.73 Å². The summed E-state index contributed by atoms with van der Waals surface area (Å²) in [4.78, 5) is 2.37. The molecule has 0 aromatic rings. The summed E-state index contributed by atoms with van der Waals surface area (Å²) in [6.45, 7) is 5.52. The summed E-state index contributed by atoms with van der Waals surface area (Å²) in [7, 11) is 0. The van der Waals surface area contributed by atoms with E-state index < -0.39 is 0 Å². The molecule has 0 saturated carbocycles. The average Bonchev–Trinajstić information content (AvgIpc) is 2.34. The second-order valence-corrected chi connectivity index (χ2v) is 2.50. The summed E-state index contributed by atoms with van der Waals surface area (Å²) in [5.74, 6) is 0. The predicted molar refractivity (Wildman–Crippen MR) is 38.8 cm³/mol. The molecule has 1 fully saturated rings. The van der Waals surface area contributed by atoms with E-state index in [1.165, 1.54) is 19.4 Å². The van der Waals surface area contributed by atoms with Crippen LogP contribution in [-0.2, 0) is 0 Å². The number of nitrogens with two attached hydrogens (primary N) is 1. The van der Waals surface area contributed by atoms with Gasteiger partial charge < -0.3 is 5.73 Å². The van der Waals surface area contributed by atoms with E-state index in [-0.39, 0.29) is 0 Å². The third kappa shape index (κ3) is 2.33. The summed E-state index contributed by atoms with van der Waals surface area (Å²) >= 11 is 0. The van der Waals surface area contributed by atoms with E-state index >= 15 is 0 Å². The third-order valence-corrected chi connectivity index (χ3v) is 1.69. The van der Waals surface area contributed by atoms with Crippen molar-refractivity contribution in [2.45, 2.75) is 19.3 Å². The van der Waals surface area contributed by atoms with E-state index in [2.05, 4.69) is 11.4 Å². The Morgan fingerprint density at radius 2 is 2.44 bits per heavy atom. The fourth-order valence-electron chi connectivity index (χ4n) is 1.16. The maximum atomic E-state index is 5.37. The van der Waals surface area contributed by atoms with Crippen LogP contribution in [0.4, 0.5) is 0 Å². The lowest BCUT2D eigenvalue weighted by molar-refractivity contribution is 0.381. The van der Waals surface area contributed by atoms with Crippen LogP contribution in [0.3, 0.4) is 0 Å². The van der Waals surface area contributed by atoms with Crippen LogP contribution in [0, 0.1) is 6.54 Å². The van der Waals surface area contributed by atoms with Gasteiger partial charge in [-0.15, -0.1) is 0 Å². The van der Waals surface area contributed by atoms with Crippen molar-refractivity contribution in [3.05, 3.63) is 6.54 Å². The molecule has 0 amide bonds. The summed E-state index contributed by atoms with van der Waals surface area (Å²) in [6, 6.07) is 0. The molecular weight excluding hydrogens is 112 g/mol. The number of nitrogens with zero attached hydrogens (tertiary/aromatic N) is 1. The van der Waals surface area contributed by atoms with Crippen LogP contribution in [0.15, 0.2) is 0 Å². The van der Waals surface area contributed by atoms with Crippen molar-refractivity contribution in [1.29, 1.82) is 0 Å². The van der Waals surface area contributed by atoms with E-state index in [0.717, 1.165) is 19.5 Å². The number of likely N-dealkylation sites (tertiary alicyclic amines) is 1. The monoisotopic (exact) mass is 127 g/mol. The maximum absolute atomic E-state index is 5.37. The highest BCUT2D eigenvalue weighted by Crippen LogP contribution is 2.11. The Morgan fingerprint density at radius 3 is 3.00 bits per heavy atom. The van der Waals surface area contributed by atoms with Crippen molar-refractivity contribution in [1.82, 2.24) is 4.90 Å². The smallest absolute Gasteiger partial charge is 0.0252 e. The molecule has 0 aromatic heterocycles. The lowest BCUT2D eigenvalue weighted by atomic mass is 10.4. The van der Waals surface area contributed by atoms with Crippen LogP contribution in [0.25, 0.3) is 0 Å². The molecule has 9 heavy (non-hydrogen) atoms. The number of rotatable bonds is 3. The van der Waals surface area contributed by atoms with Gasteiger partial charge in [0.2, 0.25) is 0 Å². The molecule has 1 aliphatic heterocycles. The molecule has 0 unspecified atom stereocenters. The molecule has 0 aromatic carbocycles. The lowest BCUT2D eigenvalue weighted by Crippen LogP contribution is -2.19. The highest BCUT2D eigenvalue weighted by molar-refractivity contribution is 4.76.